The summed E-state index contributed by atoms with van der Waals surface area (Å²) in [5.74, 6) is 3.00. The molecule has 7 heteroatoms. The van der Waals surface area contributed by atoms with Crippen LogP contribution in [0.4, 0.5) is 0 Å². The Kier molecular flexibility index (Phi) is 4.97. The van der Waals surface area contributed by atoms with Gasteiger partial charge >= 0.3 is 0 Å². The maximum absolute atomic E-state index is 5.50. The third kappa shape index (κ3) is 3.40. The third-order valence-electron chi connectivity index (χ3n) is 3.56. The zero-order valence-electron chi connectivity index (χ0n) is 13.5. The van der Waals surface area contributed by atoms with Gasteiger partial charge in [-0.2, -0.15) is 16.7 Å². The second-order valence-electron chi connectivity index (χ2n) is 5.18. The van der Waals surface area contributed by atoms with Crippen LogP contribution < -0.4 is 0 Å². The van der Waals surface area contributed by atoms with E-state index in [1.54, 1.807) is 11.8 Å². The Balaban J connectivity index is 1.90. The number of thioether (sulfide) groups is 1. The van der Waals surface area contributed by atoms with E-state index in [0.717, 1.165) is 22.6 Å². The van der Waals surface area contributed by atoms with E-state index in [0.29, 0.717) is 24.9 Å². The van der Waals surface area contributed by atoms with Crippen LogP contribution in [-0.2, 0) is 17.0 Å². The molecule has 6 nitrogen and oxygen atoms in total. The molecule has 2 aromatic heterocycles. The number of fused-ring (bicyclic) bond motifs is 1. The van der Waals surface area contributed by atoms with E-state index in [1.807, 2.05) is 32.0 Å². The Bertz CT molecular complexity index is 783. The summed E-state index contributed by atoms with van der Waals surface area (Å²) < 4.78 is 13.0. The first-order chi connectivity index (χ1) is 11.2. The molecule has 23 heavy (non-hydrogen) atoms. The molecule has 1 aromatic carbocycles. The molecule has 122 valence electrons. The fraction of sp³-hybridized carbons (Fsp3) is 0.438. The highest BCUT2D eigenvalue weighted by atomic mass is 32.2. The van der Waals surface area contributed by atoms with Gasteiger partial charge < -0.3 is 13.8 Å². The topological polar surface area (TPSA) is 66.0 Å². The van der Waals surface area contributed by atoms with Gasteiger partial charge in [-0.05, 0) is 32.2 Å². The Morgan fingerprint density at radius 3 is 2.91 bits per heavy atom. The smallest absolute Gasteiger partial charge is 0.246 e. The van der Waals surface area contributed by atoms with E-state index in [4.69, 9.17) is 14.2 Å². The molecular weight excluding hydrogens is 312 g/mol. The first-order valence-electron chi connectivity index (χ1n) is 7.60. The minimum Gasteiger partial charge on any atom is -0.371 e. The number of hydrogen-bond donors (Lipinski definition) is 0. The molecule has 0 saturated carbocycles. The Hall–Kier alpha value is -1.86. The van der Waals surface area contributed by atoms with Crippen molar-refractivity contribution in [3.05, 3.63) is 41.8 Å². The quantitative estimate of drug-likeness (QED) is 0.660. The summed E-state index contributed by atoms with van der Waals surface area (Å²) in [4.78, 5) is 9.15. The van der Waals surface area contributed by atoms with E-state index >= 15 is 0 Å². The first kappa shape index (κ1) is 16.0. The van der Waals surface area contributed by atoms with Gasteiger partial charge in [-0.25, -0.2) is 4.98 Å². The van der Waals surface area contributed by atoms with Crippen LogP contribution in [0, 0.1) is 0 Å². The molecule has 0 radical (unpaired) electrons. The zero-order valence-corrected chi connectivity index (χ0v) is 14.3. The zero-order chi connectivity index (χ0) is 16.2. The van der Waals surface area contributed by atoms with Crippen molar-refractivity contribution in [1.29, 1.82) is 0 Å². The lowest BCUT2D eigenvalue weighted by Crippen LogP contribution is -2.06. The van der Waals surface area contributed by atoms with Gasteiger partial charge in [0.25, 0.3) is 0 Å². The molecule has 0 aliphatic rings. The van der Waals surface area contributed by atoms with E-state index in [-0.39, 0.29) is 6.10 Å². The van der Waals surface area contributed by atoms with E-state index in [9.17, 15) is 0 Å². The molecule has 0 spiro atoms. The Morgan fingerprint density at radius 1 is 1.30 bits per heavy atom. The summed E-state index contributed by atoms with van der Waals surface area (Å²) in [6, 6.07) is 8.09. The normalized spacial score (nSPS) is 12.8. The lowest BCUT2D eigenvalue weighted by atomic mass is 10.3. The van der Waals surface area contributed by atoms with Gasteiger partial charge in [-0.1, -0.05) is 17.3 Å². The monoisotopic (exact) mass is 332 g/mol. The summed E-state index contributed by atoms with van der Waals surface area (Å²) in [5, 5.41) is 4.02. The number of para-hydroxylation sites is 2. The molecule has 0 aliphatic carbocycles. The summed E-state index contributed by atoms with van der Waals surface area (Å²) in [6.45, 7) is 5.00. The summed E-state index contributed by atoms with van der Waals surface area (Å²) in [7, 11) is 0. The predicted molar refractivity (Wildman–Crippen MR) is 90.4 cm³/mol. The first-order valence-corrected chi connectivity index (χ1v) is 8.99. The lowest BCUT2D eigenvalue weighted by molar-refractivity contribution is 0.0683. The highest BCUT2D eigenvalue weighted by Crippen LogP contribution is 2.21. The van der Waals surface area contributed by atoms with Gasteiger partial charge in [0, 0.05) is 6.61 Å². The fourth-order valence-corrected chi connectivity index (χ4v) is 2.98. The third-order valence-corrected chi connectivity index (χ3v) is 4.11. The van der Waals surface area contributed by atoms with Crippen LogP contribution in [0.15, 0.2) is 28.8 Å². The van der Waals surface area contributed by atoms with Crippen molar-refractivity contribution < 1.29 is 9.26 Å². The number of rotatable bonds is 7. The summed E-state index contributed by atoms with van der Waals surface area (Å²) >= 11 is 1.74. The van der Waals surface area contributed by atoms with Crippen molar-refractivity contribution in [3.63, 3.8) is 0 Å². The van der Waals surface area contributed by atoms with Crippen molar-refractivity contribution in [2.24, 2.45) is 0 Å². The van der Waals surface area contributed by atoms with Crippen molar-refractivity contribution in [3.8, 4) is 0 Å². The molecule has 1 unspecified atom stereocenters. The molecule has 0 aliphatic heterocycles. The van der Waals surface area contributed by atoms with Gasteiger partial charge in [0.1, 0.15) is 18.5 Å². The molecule has 0 amide bonds. The molecule has 0 N–H and O–H groups in total. The maximum atomic E-state index is 5.50. The maximum Gasteiger partial charge on any atom is 0.246 e. The van der Waals surface area contributed by atoms with Crippen LogP contribution in [0.2, 0.25) is 0 Å². The van der Waals surface area contributed by atoms with Gasteiger partial charge in [0.2, 0.25) is 5.89 Å². The van der Waals surface area contributed by atoms with Gasteiger partial charge in [0.05, 0.1) is 16.8 Å². The van der Waals surface area contributed by atoms with E-state index in [1.165, 1.54) is 0 Å². The van der Waals surface area contributed by atoms with Crippen molar-refractivity contribution >= 4 is 22.8 Å². The van der Waals surface area contributed by atoms with Gasteiger partial charge in [0.15, 0.2) is 5.82 Å². The van der Waals surface area contributed by atoms with Crippen LogP contribution in [0.1, 0.15) is 37.5 Å². The standard InChI is InChI=1S/C16H20N4O2S/c1-4-21-11(2)16-18-15(22-19-16)9-20-13-8-6-5-7-12(13)17-14(20)10-23-3/h5-8,11H,4,9-10H2,1-3H3. The second kappa shape index (κ2) is 7.14. The Morgan fingerprint density at radius 2 is 2.13 bits per heavy atom. The minimum atomic E-state index is -0.164. The molecule has 1 atom stereocenters. The molecule has 0 fully saturated rings. The molecular formula is C16H20N4O2S. The van der Waals surface area contributed by atoms with Crippen LogP contribution in [0.5, 0.6) is 0 Å². The average molecular weight is 332 g/mol. The number of hydrogen-bond acceptors (Lipinski definition) is 6. The van der Waals surface area contributed by atoms with E-state index < -0.39 is 0 Å². The van der Waals surface area contributed by atoms with Gasteiger partial charge in [-0.3, -0.25) is 0 Å². The number of benzene rings is 1. The number of imidazole rings is 1. The number of ether oxygens (including phenoxy) is 1. The average Bonchev–Trinajstić information content (AvgIpc) is 3.14. The SMILES string of the molecule is CCOC(C)c1noc(Cn2c(CSC)nc3ccccc32)n1. The fourth-order valence-electron chi connectivity index (χ4n) is 2.50. The van der Waals surface area contributed by atoms with Crippen LogP contribution in [-0.4, -0.2) is 32.6 Å². The lowest BCUT2D eigenvalue weighted by Gasteiger charge is -2.06. The van der Waals surface area contributed by atoms with Crippen LogP contribution in [0.25, 0.3) is 11.0 Å². The van der Waals surface area contributed by atoms with Crippen molar-refractivity contribution in [1.82, 2.24) is 19.7 Å². The van der Waals surface area contributed by atoms with Crippen LogP contribution in [0.3, 0.4) is 0 Å². The number of nitrogens with zero attached hydrogens (tertiary/aromatic N) is 4. The van der Waals surface area contributed by atoms with Gasteiger partial charge in [-0.15, -0.1) is 0 Å². The molecule has 0 bridgehead atoms. The van der Waals surface area contributed by atoms with Crippen LogP contribution >= 0.6 is 11.8 Å². The van der Waals surface area contributed by atoms with E-state index in [2.05, 4.69) is 27.0 Å². The Labute approximate surface area is 139 Å². The highest BCUT2D eigenvalue weighted by molar-refractivity contribution is 7.97. The van der Waals surface area contributed by atoms with Crippen molar-refractivity contribution in [2.75, 3.05) is 12.9 Å². The predicted octanol–water partition coefficient (Wildman–Crippen LogP) is 3.43. The highest BCUT2D eigenvalue weighted by Gasteiger charge is 2.16. The molecule has 3 aromatic rings. The molecule has 2 heterocycles. The van der Waals surface area contributed by atoms with Crippen molar-refractivity contribution in [2.45, 2.75) is 32.2 Å². The summed E-state index contributed by atoms with van der Waals surface area (Å²) in [5.41, 5.74) is 2.06. The minimum absolute atomic E-state index is 0.164. The molecule has 0 saturated heterocycles. The number of aromatic nitrogens is 4. The summed E-state index contributed by atoms with van der Waals surface area (Å²) in [6.07, 6.45) is 1.90. The largest absolute Gasteiger partial charge is 0.371 e. The second-order valence-corrected chi connectivity index (χ2v) is 6.05. The molecule has 3 rings (SSSR count).